The summed E-state index contributed by atoms with van der Waals surface area (Å²) in [5, 5.41) is 9.08. The molecular weight excluding hydrogens is 250 g/mol. The van der Waals surface area contributed by atoms with E-state index >= 15 is 0 Å². The molecule has 2 aromatic heterocycles. The molecule has 98 valence electrons. The molecule has 5 nitrogen and oxygen atoms in total. The van der Waals surface area contributed by atoms with E-state index in [2.05, 4.69) is 20.2 Å². The van der Waals surface area contributed by atoms with E-state index in [-0.39, 0.29) is 0 Å². The van der Waals surface area contributed by atoms with E-state index in [4.69, 9.17) is 5.73 Å². The molecule has 0 aliphatic rings. The predicted molar refractivity (Wildman–Crippen MR) is 80.9 cm³/mol. The second-order valence-corrected chi connectivity index (χ2v) is 4.23. The van der Waals surface area contributed by atoms with Crippen molar-refractivity contribution in [3.8, 4) is 0 Å². The van der Waals surface area contributed by atoms with Gasteiger partial charge in [0.15, 0.2) is 5.84 Å². The van der Waals surface area contributed by atoms with Gasteiger partial charge in [0.05, 0.1) is 6.21 Å². The molecule has 5 heteroatoms. The highest BCUT2D eigenvalue weighted by Gasteiger charge is 2.00. The van der Waals surface area contributed by atoms with Crippen LogP contribution in [0.15, 0.2) is 65.1 Å². The summed E-state index contributed by atoms with van der Waals surface area (Å²) in [6.45, 7) is 0. The van der Waals surface area contributed by atoms with Crippen LogP contribution in [0.2, 0.25) is 0 Å². The summed E-state index contributed by atoms with van der Waals surface area (Å²) < 4.78 is 0. The number of rotatable bonds is 3. The van der Waals surface area contributed by atoms with Crippen molar-refractivity contribution in [2.75, 3.05) is 0 Å². The molecule has 0 aliphatic heterocycles. The van der Waals surface area contributed by atoms with Crippen LogP contribution in [-0.2, 0) is 0 Å². The van der Waals surface area contributed by atoms with Crippen LogP contribution in [0.3, 0.4) is 0 Å². The zero-order valence-corrected chi connectivity index (χ0v) is 10.7. The zero-order valence-electron chi connectivity index (χ0n) is 10.7. The minimum Gasteiger partial charge on any atom is -0.380 e. The van der Waals surface area contributed by atoms with Crippen LogP contribution in [0.4, 0.5) is 0 Å². The van der Waals surface area contributed by atoms with Crippen molar-refractivity contribution in [2.45, 2.75) is 0 Å². The van der Waals surface area contributed by atoms with Crippen molar-refractivity contribution in [3.63, 3.8) is 0 Å². The molecule has 0 aliphatic carbocycles. The third-order valence-electron chi connectivity index (χ3n) is 2.91. The summed E-state index contributed by atoms with van der Waals surface area (Å²) in [4.78, 5) is 7.28. The molecule has 3 aromatic rings. The normalized spacial score (nSPS) is 12.3. The molecule has 0 saturated carbocycles. The van der Waals surface area contributed by atoms with E-state index in [1.165, 1.54) is 0 Å². The molecule has 1 aromatic carbocycles. The summed E-state index contributed by atoms with van der Waals surface area (Å²) in [6, 6.07) is 13.5. The third kappa shape index (κ3) is 2.42. The van der Waals surface area contributed by atoms with Gasteiger partial charge in [-0.05, 0) is 18.2 Å². The Morgan fingerprint density at radius 3 is 2.85 bits per heavy atom. The Labute approximate surface area is 115 Å². The summed E-state index contributed by atoms with van der Waals surface area (Å²) in [5.41, 5.74) is 8.46. The largest absolute Gasteiger partial charge is 0.380 e. The van der Waals surface area contributed by atoms with Crippen LogP contribution in [0, 0.1) is 0 Å². The highest BCUT2D eigenvalue weighted by atomic mass is 15.2. The van der Waals surface area contributed by atoms with E-state index in [1.807, 2.05) is 42.6 Å². The van der Waals surface area contributed by atoms with Crippen molar-refractivity contribution >= 4 is 23.0 Å². The Morgan fingerprint density at radius 2 is 2.00 bits per heavy atom. The quantitative estimate of drug-likeness (QED) is 0.432. The monoisotopic (exact) mass is 263 g/mol. The molecule has 0 spiro atoms. The molecule has 0 bridgehead atoms. The Bertz CT molecular complexity index is 771. The van der Waals surface area contributed by atoms with E-state index in [1.54, 1.807) is 18.5 Å². The number of nitrogens with one attached hydrogen (secondary N) is 1. The minimum absolute atomic E-state index is 0.293. The maximum Gasteiger partial charge on any atom is 0.171 e. The van der Waals surface area contributed by atoms with E-state index in [0.29, 0.717) is 11.5 Å². The van der Waals surface area contributed by atoms with Crippen molar-refractivity contribution in [1.82, 2.24) is 9.97 Å². The summed E-state index contributed by atoms with van der Waals surface area (Å²) in [7, 11) is 0. The van der Waals surface area contributed by atoms with Crippen molar-refractivity contribution in [1.29, 1.82) is 0 Å². The number of fused-ring (bicyclic) bond motifs is 1. The highest BCUT2D eigenvalue weighted by Crippen LogP contribution is 2.15. The van der Waals surface area contributed by atoms with Gasteiger partial charge in [0.1, 0.15) is 5.69 Å². The number of hydrogen-bond acceptors (Lipinski definition) is 3. The Hall–Kier alpha value is -2.95. The molecule has 20 heavy (non-hydrogen) atoms. The molecule has 0 atom stereocenters. The van der Waals surface area contributed by atoms with Gasteiger partial charge in [-0.2, -0.15) is 5.10 Å². The SMILES string of the molecule is N/C(=N\N=C/c1c[nH]c2ccccc12)c1ccccn1. The summed E-state index contributed by atoms with van der Waals surface area (Å²) in [5.74, 6) is 0.293. The Kier molecular flexibility index (Phi) is 3.24. The number of amidine groups is 1. The fourth-order valence-electron chi connectivity index (χ4n) is 1.92. The van der Waals surface area contributed by atoms with Crippen LogP contribution in [0.5, 0.6) is 0 Å². The van der Waals surface area contributed by atoms with Gasteiger partial charge < -0.3 is 10.7 Å². The third-order valence-corrected chi connectivity index (χ3v) is 2.91. The second kappa shape index (κ2) is 5.36. The Balaban J connectivity index is 1.84. The lowest BCUT2D eigenvalue weighted by Crippen LogP contribution is -2.14. The number of para-hydroxylation sites is 1. The van der Waals surface area contributed by atoms with Crippen LogP contribution < -0.4 is 5.73 Å². The van der Waals surface area contributed by atoms with Gasteiger partial charge in [0, 0.05) is 28.9 Å². The van der Waals surface area contributed by atoms with Gasteiger partial charge in [-0.25, -0.2) is 0 Å². The molecule has 0 saturated heterocycles. The van der Waals surface area contributed by atoms with Gasteiger partial charge in [-0.1, -0.05) is 24.3 Å². The average Bonchev–Trinajstić information content (AvgIpc) is 2.92. The zero-order chi connectivity index (χ0) is 13.8. The van der Waals surface area contributed by atoms with Crippen molar-refractivity contribution in [2.24, 2.45) is 15.9 Å². The predicted octanol–water partition coefficient (Wildman–Crippen LogP) is 2.30. The van der Waals surface area contributed by atoms with Gasteiger partial charge >= 0.3 is 0 Å². The number of aromatic amines is 1. The standard InChI is InChI=1S/C15H13N5/c16-15(14-7-3-4-8-17-14)20-19-10-11-9-18-13-6-2-1-5-12(11)13/h1-10,18H,(H2,16,20)/b19-10-. The summed E-state index contributed by atoms with van der Waals surface area (Å²) >= 11 is 0. The highest BCUT2D eigenvalue weighted by molar-refractivity contribution is 6.00. The number of hydrogen-bond donors (Lipinski definition) is 2. The van der Waals surface area contributed by atoms with Crippen molar-refractivity contribution < 1.29 is 0 Å². The molecule has 3 N–H and O–H groups in total. The first-order valence-electron chi connectivity index (χ1n) is 6.18. The second-order valence-electron chi connectivity index (χ2n) is 4.23. The number of benzene rings is 1. The van der Waals surface area contributed by atoms with Gasteiger partial charge in [-0.3, -0.25) is 4.98 Å². The molecular formula is C15H13N5. The molecule has 0 radical (unpaired) electrons. The van der Waals surface area contributed by atoms with Crippen LogP contribution in [-0.4, -0.2) is 22.0 Å². The number of nitrogens with two attached hydrogens (primary N) is 1. The van der Waals surface area contributed by atoms with Crippen molar-refractivity contribution in [3.05, 3.63) is 66.1 Å². The van der Waals surface area contributed by atoms with Gasteiger partial charge in [0.25, 0.3) is 0 Å². The smallest absolute Gasteiger partial charge is 0.171 e. The van der Waals surface area contributed by atoms with Gasteiger partial charge in [-0.15, -0.1) is 5.10 Å². The Morgan fingerprint density at radius 1 is 1.15 bits per heavy atom. The van der Waals surface area contributed by atoms with E-state index in [0.717, 1.165) is 16.5 Å². The lowest BCUT2D eigenvalue weighted by atomic mass is 10.2. The average molecular weight is 263 g/mol. The fourth-order valence-corrected chi connectivity index (χ4v) is 1.92. The molecule has 0 unspecified atom stereocenters. The van der Waals surface area contributed by atoms with Crippen LogP contribution in [0.1, 0.15) is 11.3 Å². The first-order chi connectivity index (χ1) is 9.84. The lowest BCUT2D eigenvalue weighted by molar-refractivity contribution is 1.20. The number of aromatic nitrogens is 2. The first-order valence-corrected chi connectivity index (χ1v) is 6.18. The first kappa shape index (κ1) is 12.1. The molecule has 2 heterocycles. The van der Waals surface area contributed by atoms with E-state index in [9.17, 15) is 0 Å². The fraction of sp³-hybridized carbons (Fsp3) is 0. The molecule has 3 rings (SSSR count). The lowest BCUT2D eigenvalue weighted by Gasteiger charge is -1.95. The maximum atomic E-state index is 5.81. The molecule has 0 fully saturated rings. The summed E-state index contributed by atoms with van der Waals surface area (Å²) in [6.07, 6.45) is 5.23. The topological polar surface area (TPSA) is 79.4 Å². The maximum absolute atomic E-state index is 5.81. The van der Waals surface area contributed by atoms with Gasteiger partial charge in [0.2, 0.25) is 0 Å². The van der Waals surface area contributed by atoms with Crippen LogP contribution in [0.25, 0.3) is 10.9 Å². The van der Waals surface area contributed by atoms with Crippen LogP contribution >= 0.6 is 0 Å². The molecule has 0 amide bonds. The number of H-pyrrole nitrogens is 1. The van der Waals surface area contributed by atoms with E-state index < -0.39 is 0 Å². The number of pyridine rings is 1. The number of nitrogens with zero attached hydrogens (tertiary/aromatic N) is 3. The minimum atomic E-state index is 0.293.